The van der Waals surface area contributed by atoms with E-state index < -0.39 is 0 Å². The van der Waals surface area contributed by atoms with Crippen LogP contribution in [-0.2, 0) is 6.42 Å². The molecule has 3 aromatic rings. The van der Waals surface area contributed by atoms with Crippen molar-refractivity contribution in [2.45, 2.75) is 12.3 Å². The summed E-state index contributed by atoms with van der Waals surface area (Å²) in [5.41, 5.74) is 1.89. The molecule has 5 heteroatoms. The van der Waals surface area contributed by atoms with E-state index in [9.17, 15) is 0 Å². The van der Waals surface area contributed by atoms with Gasteiger partial charge in [-0.2, -0.15) is 4.98 Å². The second-order valence-corrected chi connectivity index (χ2v) is 4.99. The molecule has 0 unspecified atom stereocenters. The number of fused-ring (bicyclic) bond motifs is 1. The first kappa shape index (κ1) is 12.1. The van der Waals surface area contributed by atoms with Crippen molar-refractivity contribution in [1.29, 1.82) is 0 Å². The molecule has 0 N–H and O–H groups in total. The molecular formula is C16H13N3O2. The maximum Gasteiger partial charge on any atom is 0.233 e. The summed E-state index contributed by atoms with van der Waals surface area (Å²) in [5, 5.41) is 4.01. The van der Waals surface area contributed by atoms with Crippen molar-refractivity contribution >= 4 is 0 Å². The lowest BCUT2D eigenvalue weighted by Gasteiger charge is -2.22. The number of aromatic nitrogens is 3. The molecular weight excluding hydrogens is 266 g/mol. The van der Waals surface area contributed by atoms with Crippen LogP contribution in [0.4, 0.5) is 0 Å². The highest BCUT2D eigenvalue weighted by Gasteiger charge is 2.26. The van der Waals surface area contributed by atoms with Gasteiger partial charge in [0.05, 0.1) is 5.92 Å². The minimum atomic E-state index is 0.0878. The Hall–Kier alpha value is -2.69. The molecule has 0 saturated heterocycles. The number of hydrogen-bond donors (Lipinski definition) is 0. The minimum absolute atomic E-state index is 0.0878. The fourth-order valence-electron chi connectivity index (χ4n) is 2.49. The van der Waals surface area contributed by atoms with E-state index in [-0.39, 0.29) is 5.92 Å². The number of hydrogen-bond acceptors (Lipinski definition) is 5. The molecule has 0 bridgehead atoms. The Balaban J connectivity index is 1.60. The number of pyridine rings is 1. The molecule has 3 heterocycles. The van der Waals surface area contributed by atoms with Crippen LogP contribution in [0, 0.1) is 0 Å². The predicted molar refractivity (Wildman–Crippen MR) is 75.9 cm³/mol. The molecule has 1 aromatic carbocycles. The van der Waals surface area contributed by atoms with Crippen molar-refractivity contribution in [2.75, 3.05) is 6.61 Å². The standard InChI is InChI=1S/C16H13N3O2/c1-2-7-14-11(5-1)9-12(10-20-14)16-18-15(19-21-16)13-6-3-4-8-17-13/h1-8,12H,9-10H2/t12-/m1/s1. The van der Waals surface area contributed by atoms with Crippen LogP contribution in [-0.4, -0.2) is 21.7 Å². The van der Waals surface area contributed by atoms with Gasteiger partial charge in [0.2, 0.25) is 11.7 Å². The van der Waals surface area contributed by atoms with Crippen molar-refractivity contribution in [1.82, 2.24) is 15.1 Å². The van der Waals surface area contributed by atoms with Crippen LogP contribution in [0.1, 0.15) is 17.4 Å². The van der Waals surface area contributed by atoms with E-state index in [2.05, 4.69) is 21.2 Å². The molecule has 1 aliphatic rings. The van der Waals surface area contributed by atoms with Crippen molar-refractivity contribution in [2.24, 2.45) is 0 Å². The molecule has 1 aliphatic heterocycles. The zero-order chi connectivity index (χ0) is 14.1. The van der Waals surface area contributed by atoms with Gasteiger partial charge in [0.1, 0.15) is 18.1 Å². The molecule has 104 valence electrons. The van der Waals surface area contributed by atoms with E-state index >= 15 is 0 Å². The normalized spacial score (nSPS) is 17.0. The van der Waals surface area contributed by atoms with E-state index in [0.717, 1.165) is 12.2 Å². The molecule has 0 saturated carbocycles. The molecule has 4 rings (SSSR count). The first-order valence-corrected chi connectivity index (χ1v) is 6.86. The summed E-state index contributed by atoms with van der Waals surface area (Å²) in [4.78, 5) is 8.68. The Morgan fingerprint density at radius 2 is 1.95 bits per heavy atom. The van der Waals surface area contributed by atoms with Gasteiger partial charge in [0.15, 0.2) is 0 Å². The molecule has 2 aromatic heterocycles. The fraction of sp³-hybridized carbons (Fsp3) is 0.188. The zero-order valence-corrected chi connectivity index (χ0v) is 11.3. The second-order valence-electron chi connectivity index (χ2n) is 4.99. The van der Waals surface area contributed by atoms with Gasteiger partial charge >= 0.3 is 0 Å². The third kappa shape index (κ3) is 2.27. The quantitative estimate of drug-likeness (QED) is 0.722. The average molecular weight is 279 g/mol. The highest BCUT2D eigenvalue weighted by atomic mass is 16.5. The second kappa shape index (κ2) is 5.01. The van der Waals surface area contributed by atoms with Crippen molar-refractivity contribution in [3.8, 4) is 17.3 Å². The third-order valence-electron chi connectivity index (χ3n) is 3.56. The first-order valence-electron chi connectivity index (χ1n) is 6.86. The van der Waals surface area contributed by atoms with Crippen LogP contribution in [0.2, 0.25) is 0 Å². The van der Waals surface area contributed by atoms with E-state index in [0.29, 0.717) is 24.0 Å². The molecule has 0 fully saturated rings. The van der Waals surface area contributed by atoms with Gasteiger partial charge in [0, 0.05) is 6.20 Å². The Kier molecular flexibility index (Phi) is 2.88. The van der Waals surface area contributed by atoms with Gasteiger partial charge in [-0.3, -0.25) is 4.98 Å². The highest BCUT2D eigenvalue weighted by molar-refractivity contribution is 5.47. The van der Waals surface area contributed by atoms with Gasteiger partial charge in [-0.05, 0) is 30.2 Å². The van der Waals surface area contributed by atoms with Gasteiger partial charge in [-0.15, -0.1) is 0 Å². The van der Waals surface area contributed by atoms with E-state index in [4.69, 9.17) is 9.26 Å². The summed E-state index contributed by atoms with van der Waals surface area (Å²) in [6.07, 6.45) is 2.56. The van der Waals surface area contributed by atoms with Crippen LogP contribution in [0.15, 0.2) is 53.2 Å². The van der Waals surface area contributed by atoms with Crippen LogP contribution in [0.3, 0.4) is 0 Å². The van der Waals surface area contributed by atoms with Crippen molar-refractivity contribution in [3.05, 3.63) is 60.1 Å². The van der Waals surface area contributed by atoms with E-state index in [1.165, 1.54) is 5.56 Å². The van der Waals surface area contributed by atoms with E-state index in [1.54, 1.807) is 6.20 Å². The number of benzene rings is 1. The Labute approximate surface area is 121 Å². The number of ether oxygens (including phenoxy) is 1. The van der Waals surface area contributed by atoms with Crippen LogP contribution >= 0.6 is 0 Å². The average Bonchev–Trinajstić information content (AvgIpc) is 3.05. The van der Waals surface area contributed by atoms with Crippen LogP contribution in [0.5, 0.6) is 5.75 Å². The maximum atomic E-state index is 5.76. The molecule has 5 nitrogen and oxygen atoms in total. The highest BCUT2D eigenvalue weighted by Crippen LogP contribution is 2.31. The zero-order valence-electron chi connectivity index (χ0n) is 11.3. The molecule has 0 aliphatic carbocycles. The van der Waals surface area contributed by atoms with Gasteiger partial charge in [-0.1, -0.05) is 29.4 Å². The molecule has 21 heavy (non-hydrogen) atoms. The van der Waals surface area contributed by atoms with Gasteiger partial charge < -0.3 is 9.26 Å². The maximum absolute atomic E-state index is 5.76. The Morgan fingerprint density at radius 1 is 1.05 bits per heavy atom. The largest absolute Gasteiger partial charge is 0.492 e. The summed E-state index contributed by atoms with van der Waals surface area (Å²) < 4.78 is 11.2. The molecule has 0 radical (unpaired) electrons. The molecule has 0 spiro atoms. The molecule has 1 atom stereocenters. The number of para-hydroxylation sites is 1. The smallest absolute Gasteiger partial charge is 0.233 e. The first-order chi connectivity index (χ1) is 10.4. The van der Waals surface area contributed by atoms with Crippen molar-refractivity contribution < 1.29 is 9.26 Å². The Bertz CT molecular complexity index is 755. The lowest BCUT2D eigenvalue weighted by molar-refractivity contribution is 0.230. The molecule has 0 amide bonds. The topological polar surface area (TPSA) is 61.0 Å². The Morgan fingerprint density at radius 3 is 2.86 bits per heavy atom. The summed E-state index contributed by atoms with van der Waals surface area (Å²) >= 11 is 0. The lowest BCUT2D eigenvalue weighted by atomic mass is 9.97. The predicted octanol–water partition coefficient (Wildman–Crippen LogP) is 2.85. The van der Waals surface area contributed by atoms with Gasteiger partial charge in [-0.25, -0.2) is 0 Å². The van der Waals surface area contributed by atoms with Crippen molar-refractivity contribution in [3.63, 3.8) is 0 Å². The summed E-state index contributed by atoms with van der Waals surface area (Å²) in [5.74, 6) is 2.15. The van der Waals surface area contributed by atoms with Crippen LogP contribution in [0.25, 0.3) is 11.5 Å². The lowest BCUT2D eigenvalue weighted by Crippen LogP contribution is -2.19. The van der Waals surface area contributed by atoms with Crippen LogP contribution < -0.4 is 4.74 Å². The monoisotopic (exact) mass is 279 g/mol. The third-order valence-corrected chi connectivity index (χ3v) is 3.56. The summed E-state index contributed by atoms with van der Waals surface area (Å²) in [6, 6.07) is 13.7. The summed E-state index contributed by atoms with van der Waals surface area (Å²) in [7, 11) is 0. The summed E-state index contributed by atoms with van der Waals surface area (Å²) in [6.45, 7) is 0.556. The fourth-order valence-corrected chi connectivity index (χ4v) is 2.49. The number of nitrogens with zero attached hydrogens (tertiary/aromatic N) is 3. The minimum Gasteiger partial charge on any atom is -0.492 e. The van der Waals surface area contributed by atoms with Gasteiger partial charge in [0.25, 0.3) is 0 Å². The SMILES string of the molecule is c1ccc(-c2noc([C@H]3COc4ccccc4C3)n2)nc1. The van der Waals surface area contributed by atoms with E-state index in [1.807, 2.05) is 36.4 Å². The number of rotatable bonds is 2.